The Morgan fingerprint density at radius 2 is 1.91 bits per heavy atom. The predicted octanol–water partition coefficient (Wildman–Crippen LogP) is 4.64. The summed E-state index contributed by atoms with van der Waals surface area (Å²) in [6.07, 6.45) is 2.02. The first-order chi connectivity index (χ1) is 16.0. The third-order valence-corrected chi connectivity index (χ3v) is 6.57. The lowest BCUT2D eigenvalue weighted by atomic mass is 10.1. The van der Waals surface area contributed by atoms with Crippen molar-refractivity contribution in [1.82, 2.24) is 5.32 Å². The molecule has 4 rings (SSSR count). The van der Waals surface area contributed by atoms with Crippen LogP contribution in [0.3, 0.4) is 0 Å². The van der Waals surface area contributed by atoms with E-state index in [4.69, 9.17) is 4.42 Å². The monoisotopic (exact) mass is 457 g/mol. The van der Waals surface area contributed by atoms with E-state index in [1.807, 2.05) is 68.4 Å². The number of amides is 2. The Labute approximate surface area is 196 Å². The summed E-state index contributed by atoms with van der Waals surface area (Å²) in [6, 6.07) is 21.0. The molecule has 0 radical (unpaired) electrons. The van der Waals surface area contributed by atoms with E-state index in [1.165, 1.54) is 22.9 Å². The standard InChI is InChI=1S/C26H23N3O3S/c1-17-8-10-20(11-9-17)29-25(31)23(14-19-6-3-5-18(2)13-19)33-26(29)22(15-27)24(30)28-16-21-7-4-12-32-21/h3-13,23H,14,16H2,1-2H3,(H,28,30)/b26-22-/t23-/m0/s1. The molecule has 1 saturated heterocycles. The minimum absolute atomic E-state index is 0.0905. The van der Waals surface area contributed by atoms with Gasteiger partial charge in [0.1, 0.15) is 22.4 Å². The normalized spacial score (nSPS) is 17.1. The highest BCUT2D eigenvalue weighted by Crippen LogP contribution is 2.42. The molecule has 0 spiro atoms. The van der Waals surface area contributed by atoms with E-state index < -0.39 is 11.2 Å². The van der Waals surface area contributed by atoms with Gasteiger partial charge < -0.3 is 9.73 Å². The molecule has 2 aromatic carbocycles. The Kier molecular flexibility index (Phi) is 6.66. The highest BCUT2D eigenvalue weighted by atomic mass is 32.2. The highest BCUT2D eigenvalue weighted by Gasteiger charge is 2.40. The lowest BCUT2D eigenvalue weighted by Crippen LogP contribution is -2.32. The van der Waals surface area contributed by atoms with Crippen LogP contribution in [0.5, 0.6) is 0 Å². The van der Waals surface area contributed by atoms with E-state index in [9.17, 15) is 14.9 Å². The van der Waals surface area contributed by atoms with E-state index in [2.05, 4.69) is 5.32 Å². The molecule has 1 aliphatic rings. The van der Waals surface area contributed by atoms with E-state index >= 15 is 0 Å². The number of nitrogens with zero attached hydrogens (tertiary/aromatic N) is 2. The minimum Gasteiger partial charge on any atom is -0.467 e. The number of aryl methyl sites for hydroxylation is 2. The summed E-state index contributed by atoms with van der Waals surface area (Å²) in [5.41, 5.74) is 3.74. The molecular formula is C26H23N3O3S. The van der Waals surface area contributed by atoms with Crippen LogP contribution in [0.2, 0.25) is 0 Å². The average molecular weight is 458 g/mol. The summed E-state index contributed by atoms with van der Waals surface area (Å²) in [6.45, 7) is 4.12. The number of benzene rings is 2. The Morgan fingerprint density at radius 3 is 2.58 bits per heavy atom. The van der Waals surface area contributed by atoms with Gasteiger partial charge >= 0.3 is 0 Å². The molecule has 1 aliphatic heterocycles. The van der Waals surface area contributed by atoms with E-state index in [-0.39, 0.29) is 18.0 Å². The summed E-state index contributed by atoms with van der Waals surface area (Å²) in [7, 11) is 0. The second-order valence-electron chi connectivity index (χ2n) is 7.86. The summed E-state index contributed by atoms with van der Waals surface area (Å²) in [5, 5.41) is 12.5. The zero-order valence-corrected chi connectivity index (χ0v) is 19.2. The van der Waals surface area contributed by atoms with Gasteiger partial charge in [0.2, 0.25) is 5.91 Å². The molecule has 33 heavy (non-hydrogen) atoms. The summed E-state index contributed by atoms with van der Waals surface area (Å²) >= 11 is 1.26. The smallest absolute Gasteiger partial charge is 0.265 e. The van der Waals surface area contributed by atoms with Crippen molar-refractivity contribution in [3.8, 4) is 6.07 Å². The molecule has 2 heterocycles. The van der Waals surface area contributed by atoms with E-state index in [0.717, 1.165) is 16.7 Å². The number of anilines is 1. The number of hydrogen-bond acceptors (Lipinski definition) is 5. The van der Waals surface area contributed by atoms with Gasteiger partial charge in [-0.3, -0.25) is 14.5 Å². The van der Waals surface area contributed by atoms with Gasteiger partial charge in [0, 0.05) is 5.69 Å². The molecule has 0 saturated carbocycles. The van der Waals surface area contributed by atoms with Gasteiger partial charge in [-0.1, -0.05) is 59.3 Å². The van der Waals surface area contributed by atoms with Crippen LogP contribution < -0.4 is 10.2 Å². The highest BCUT2D eigenvalue weighted by molar-refractivity contribution is 8.05. The van der Waals surface area contributed by atoms with Crippen LogP contribution in [0.4, 0.5) is 5.69 Å². The summed E-state index contributed by atoms with van der Waals surface area (Å²) in [5.74, 6) is -0.113. The Bertz CT molecular complexity index is 1240. The molecule has 0 bridgehead atoms. The second kappa shape index (κ2) is 9.80. The van der Waals surface area contributed by atoms with Gasteiger partial charge in [0.25, 0.3) is 5.91 Å². The fraction of sp³-hybridized carbons (Fsp3) is 0.192. The van der Waals surface area contributed by atoms with Gasteiger partial charge in [-0.15, -0.1) is 0 Å². The molecular weight excluding hydrogens is 434 g/mol. The number of carbonyl (C=O) groups excluding carboxylic acids is 2. The van der Waals surface area contributed by atoms with Crippen LogP contribution in [0, 0.1) is 25.2 Å². The first-order valence-corrected chi connectivity index (χ1v) is 11.4. The minimum atomic E-state index is -0.544. The van der Waals surface area contributed by atoms with Gasteiger partial charge in [0.15, 0.2) is 0 Å². The van der Waals surface area contributed by atoms with Crippen molar-refractivity contribution in [3.05, 3.63) is 100.0 Å². The molecule has 1 atom stereocenters. The van der Waals surface area contributed by atoms with Gasteiger partial charge in [0.05, 0.1) is 18.1 Å². The molecule has 3 aromatic rings. The molecule has 1 N–H and O–H groups in total. The number of thioether (sulfide) groups is 1. The summed E-state index contributed by atoms with van der Waals surface area (Å²) < 4.78 is 5.25. The molecule has 2 amide bonds. The number of furan rings is 1. The number of nitriles is 1. The maximum absolute atomic E-state index is 13.5. The molecule has 0 aliphatic carbocycles. The molecule has 166 valence electrons. The third kappa shape index (κ3) is 5.02. The lowest BCUT2D eigenvalue weighted by molar-refractivity contribution is -0.117. The molecule has 1 fully saturated rings. The Morgan fingerprint density at radius 1 is 1.12 bits per heavy atom. The van der Waals surface area contributed by atoms with Crippen LogP contribution in [0.1, 0.15) is 22.5 Å². The van der Waals surface area contributed by atoms with Gasteiger partial charge in [-0.2, -0.15) is 5.26 Å². The van der Waals surface area contributed by atoms with Crippen LogP contribution in [-0.4, -0.2) is 17.1 Å². The summed E-state index contributed by atoms with van der Waals surface area (Å²) in [4.78, 5) is 27.9. The Hall–Kier alpha value is -3.76. The van der Waals surface area contributed by atoms with Crippen molar-refractivity contribution >= 4 is 29.3 Å². The quantitative estimate of drug-likeness (QED) is 0.431. The van der Waals surface area contributed by atoms with Crippen molar-refractivity contribution in [2.75, 3.05) is 4.90 Å². The van der Waals surface area contributed by atoms with Crippen LogP contribution in [0.25, 0.3) is 0 Å². The molecule has 7 heteroatoms. The van der Waals surface area contributed by atoms with Crippen LogP contribution in [-0.2, 0) is 22.6 Å². The van der Waals surface area contributed by atoms with Gasteiger partial charge in [-0.05, 0) is 50.1 Å². The maximum atomic E-state index is 13.5. The fourth-order valence-corrected chi connectivity index (χ4v) is 4.95. The topological polar surface area (TPSA) is 86.3 Å². The van der Waals surface area contributed by atoms with Crippen LogP contribution >= 0.6 is 11.8 Å². The van der Waals surface area contributed by atoms with Crippen molar-refractivity contribution in [3.63, 3.8) is 0 Å². The molecule has 6 nitrogen and oxygen atoms in total. The number of carbonyl (C=O) groups is 2. The van der Waals surface area contributed by atoms with Crippen molar-refractivity contribution in [2.45, 2.75) is 32.1 Å². The van der Waals surface area contributed by atoms with Crippen molar-refractivity contribution in [1.29, 1.82) is 5.26 Å². The van der Waals surface area contributed by atoms with Crippen molar-refractivity contribution < 1.29 is 14.0 Å². The largest absolute Gasteiger partial charge is 0.467 e. The maximum Gasteiger partial charge on any atom is 0.265 e. The first kappa shape index (κ1) is 22.4. The predicted molar refractivity (Wildman–Crippen MR) is 128 cm³/mol. The SMILES string of the molecule is Cc1ccc(N2C(=O)[C@H](Cc3cccc(C)c3)S/C2=C(/C#N)C(=O)NCc2ccco2)cc1. The fourth-order valence-electron chi connectivity index (χ4n) is 3.64. The van der Waals surface area contributed by atoms with Crippen molar-refractivity contribution in [2.24, 2.45) is 0 Å². The number of nitrogens with one attached hydrogen (secondary N) is 1. The first-order valence-electron chi connectivity index (χ1n) is 10.5. The van der Waals surface area contributed by atoms with E-state index in [0.29, 0.717) is 22.9 Å². The molecule has 0 unspecified atom stereocenters. The van der Waals surface area contributed by atoms with Crippen LogP contribution in [0.15, 0.2) is 81.9 Å². The number of rotatable bonds is 6. The third-order valence-electron chi connectivity index (χ3n) is 5.30. The lowest BCUT2D eigenvalue weighted by Gasteiger charge is -2.19. The zero-order chi connectivity index (χ0) is 23.4. The molecule has 1 aromatic heterocycles. The van der Waals surface area contributed by atoms with Gasteiger partial charge in [-0.25, -0.2) is 0 Å². The second-order valence-corrected chi connectivity index (χ2v) is 9.05. The zero-order valence-electron chi connectivity index (χ0n) is 18.4. The number of hydrogen-bond donors (Lipinski definition) is 1. The van der Waals surface area contributed by atoms with E-state index in [1.54, 1.807) is 12.1 Å². The average Bonchev–Trinajstić information content (AvgIpc) is 3.42. The Balaban J connectivity index is 1.68.